The number of hydrogen-bond acceptors (Lipinski definition) is 4. The second-order valence-corrected chi connectivity index (χ2v) is 6.00. The molecule has 1 aliphatic heterocycles. The van der Waals surface area contributed by atoms with Gasteiger partial charge in [-0.15, -0.1) is 0 Å². The summed E-state index contributed by atoms with van der Waals surface area (Å²) in [7, 11) is 1.58. The fourth-order valence-electron chi connectivity index (χ4n) is 3.19. The van der Waals surface area contributed by atoms with Crippen molar-refractivity contribution in [1.82, 2.24) is 10.2 Å². The summed E-state index contributed by atoms with van der Waals surface area (Å²) in [5, 5.41) is 13.0. The highest BCUT2D eigenvalue weighted by Gasteiger charge is 2.33. The predicted molar refractivity (Wildman–Crippen MR) is 77.6 cm³/mol. The molecule has 0 bridgehead atoms. The van der Waals surface area contributed by atoms with Gasteiger partial charge in [-0.2, -0.15) is 0 Å². The molecule has 2 rings (SSSR count). The van der Waals surface area contributed by atoms with Crippen molar-refractivity contribution < 1.29 is 19.4 Å². The molecule has 120 valence electrons. The lowest BCUT2D eigenvalue weighted by molar-refractivity contribution is -0.136. The second-order valence-electron chi connectivity index (χ2n) is 6.00. The fraction of sp³-hybridized carbons (Fsp3) is 0.867. The number of ether oxygens (including phenoxy) is 1. The predicted octanol–water partition coefficient (Wildman–Crippen LogP) is 0.434. The summed E-state index contributed by atoms with van der Waals surface area (Å²) in [6.07, 6.45) is 5.03. The van der Waals surface area contributed by atoms with E-state index >= 15 is 0 Å². The molecule has 1 heterocycles. The van der Waals surface area contributed by atoms with E-state index in [2.05, 4.69) is 5.32 Å². The highest BCUT2D eigenvalue weighted by atomic mass is 16.5. The molecule has 0 spiro atoms. The third-order valence-corrected chi connectivity index (χ3v) is 4.45. The molecule has 1 aliphatic carbocycles. The maximum absolute atomic E-state index is 12.1. The lowest BCUT2D eigenvalue weighted by atomic mass is 9.90. The van der Waals surface area contributed by atoms with Crippen LogP contribution in [-0.4, -0.2) is 60.3 Å². The van der Waals surface area contributed by atoms with E-state index < -0.39 is 6.10 Å². The molecule has 21 heavy (non-hydrogen) atoms. The third-order valence-electron chi connectivity index (χ3n) is 4.45. The van der Waals surface area contributed by atoms with Gasteiger partial charge in [0.15, 0.2) is 0 Å². The number of amides is 2. The molecule has 0 aromatic carbocycles. The minimum Gasteiger partial charge on any atom is -0.388 e. The van der Waals surface area contributed by atoms with Gasteiger partial charge in [-0.1, -0.05) is 6.42 Å². The normalized spacial score (nSPS) is 30.9. The number of aliphatic hydroxyl groups is 1. The standard InChI is InChI=1S/C15H26N2O4/c1-21-12-7-5-6-11(15(12)20)16-13(18)10-17-9-4-2-3-8-14(17)19/h11-12,15,20H,2-10H2,1H3,(H,16,18)/t11-,12-,15-/m1/s1. The first-order valence-corrected chi connectivity index (χ1v) is 7.90. The zero-order valence-electron chi connectivity index (χ0n) is 12.7. The first-order valence-electron chi connectivity index (χ1n) is 7.90. The molecule has 2 amide bonds. The van der Waals surface area contributed by atoms with Crippen LogP contribution in [0.3, 0.4) is 0 Å². The van der Waals surface area contributed by atoms with Crippen molar-refractivity contribution in [2.24, 2.45) is 0 Å². The average Bonchev–Trinajstić information content (AvgIpc) is 2.66. The Morgan fingerprint density at radius 1 is 1.33 bits per heavy atom. The molecular weight excluding hydrogens is 272 g/mol. The van der Waals surface area contributed by atoms with Crippen molar-refractivity contribution in [3.05, 3.63) is 0 Å². The van der Waals surface area contributed by atoms with Gasteiger partial charge in [0.1, 0.15) is 6.10 Å². The molecule has 2 fully saturated rings. The van der Waals surface area contributed by atoms with Crippen LogP contribution in [0.25, 0.3) is 0 Å². The van der Waals surface area contributed by atoms with Crippen LogP contribution in [-0.2, 0) is 14.3 Å². The van der Waals surface area contributed by atoms with Gasteiger partial charge in [0.05, 0.1) is 18.7 Å². The van der Waals surface area contributed by atoms with Crippen LogP contribution in [0.4, 0.5) is 0 Å². The Kier molecular flexibility index (Phi) is 5.99. The third kappa shape index (κ3) is 4.41. The number of carbonyl (C=O) groups is 2. The number of aliphatic hydroxyl groups excluding tert-OH is 1. The van der Waals surface area contributed by atoms with E-state index in [0.29, 0.717) is 13.0 Å². The minimum atomic E-state index is -0.674. The Hall–Kier alpha value is -1.14. The van der Waals surface area contributed by atoms with Gasteiger partial charge < -0.3 is 20.1 Å². The minimum absolute atomic E-state index is 0.0570. The quantitative estimate of drug-likeness (QED) is 0.789. The summed E-state index contributed by atoms with van der Waals surface area (Å²) in [4.78, 5) is 25.6. The van der Waals surface area contributed by atoms with Crippen LogP contribution in [0.15, 0.2) is 0 Å². The average molecular weight is 298 g/mol. The van der Waals surface area contributed by atoms with E-state index in [-0.39, 0.29) is 30.5 Å². The van der Waals surface area contributed by atoms with Crippen LogP contribution >= 0.6 is 0 Å². The maximum Gasteiger partial charge on any atom is 0.239 e. The van der Waals surface area contributed by atoms with Gasteiger partial charge in [-0.05, 0) is 32.1 Å². The Bertz CT molecular complexity index is 375. The highest BCUT2D eigenvalue weighted by Crippen LogP contribution is 2.21. The molecular formula is C15H26N2O4. The van der Waals surface area contributed by atoms with E-state index in [1.165, 1.54) is 0 Å². The lowest BCUT2D eigenvalue weighted by Crippen LogP contribution is -2.53. The van der Waals surface area contributed by atoms with Gasteiger partial charge in [-0.25, -0.2) is 0 Å². The van der Waals surface area contributed by atoms with Crippen molar-refractivity contribution in [3.8, 4) is 0 Å². The largest absolute Gasteiger partial charge is 0.388 e. The smallest absolute Gasteiger partial charge is 0.239 e. The van der Waals surface area contributed by atoms with E-state index in [4.69, 9.17) is 4.74 Å². The molecule has 0 radical (unpaired) electrons. The summed E-state index contributed by atoms with van der Waals surface area (Å²) in [5.41, 5.74) is 0. The molecule has 1 saturated heterocycles. The first-order chi connectivity index (χ1) is 10.1. The topological polar surface area (TPSA) is 78.9 Å². The highest BCUT2D eigenvalue weighted by molar-refractivity contribution is 5.85. The molecule has 0 aromatic heterocycles. The summed E-state index contributed by atoms with van der Waals surface area (Å²) >= 11 is 0. The van der Waals surface area contributed by atoms with Crippen LogP contribution in [0.2, 0.25) is 0 Å². The van der Waals surface area contributed by atoms with Gasteiger partial charge in [0.25, 0.3) is 0 Å². The van der Waals surface area contributed by atoms with Crippen molar-refractivity contribution in [3.63, 3.8) is 0 Å². The van der Waals surface area contributed by atoms with Gasteiger partial charge in [0, 0.05) is 20.1 Å². The summed E-state index contributed by atoms with van der Waals surface area (Å²) in [6, 6.07) is -0.279. The van der Waals surface area contributed by atoms with Crippen molar-refractivity contribution in [1.29, 1.82) is 0 Å². The Morgan fingerprint density at radius 2 is 2.14 bits per heavy atom. The summed E-state index contributed by atoms with van der Waals surface area (Å²) in [5.74, 6) is -0.132. The fourth-order valence-corrected chi connectivity index (χ4v) is 3.19. The van der Waals surface area contributed by atoms with E-state index in [1.807, 2.05) is 0 Å². The van der Waals surface area contributed by atoms with Crippen LogP contribution in [0, 0.1) is 0 Å². The SMILES string of the molecule is CO[C@@H]1CCC[C@@H](NC(=O)CN2CCCCCC2=O)[C@H]1O. The number of methoxy groups -OCH3 is 1. The number of rotatable bonds is 4. The van der Waals surface area contributed by atoms with Gasteiger partial charge in [0.2, 0.25) is 11.8 Å². The molecule has 2 aliphatic rings. The molecule has 3 atom stereocenters. The second kappa shape index (κ2) is 7.75. The van der Waals surface area contributed by atoms with E-state index in [1.54, 1.807) is 12.0 Å². The summed E-state index contributed by atoms with van der Waals surface area (Å²) < 4.78 is 5.23. The first kappa shape index (κ1) is 16.2. The van der Waals surface area contributed by atoms with E-state index in [9.17, 15) is 14.7 Å². The van der Waals surface area contributed by atoms with Crippen molar-refractivity contribution in [2.75, 3.05) is 20.2 Å². The van der Waals surface area contributed by atoms with Gasteiger partial charge in [-0.3, -0.25) is 9.59 Å². The number of nitrogens with one attached hydrogen (secondary N) is 1. The van der Waals surface area contributed by atoms with Crippen LogP contribution < -0.4 is 5.32 Å². The monoisotopic (exact) mass is 298 g/mol. The molecule has 1 saturated carbocycles. The number of carbonyl (C=O) groups excluding carboxylic acids is 2. The molecule has 2 N–H and O–H groups in total. The molecule has 0 aromatic rings. The molecule has 6 heteroatoms. The van der Waals surface area contributed by atoms with Crippen molar-refractivity contribution in [2.45, 2.75) is 63.2 Å². The number of likely N-dealkylation sites (tertiary alicyclic amines) is 1. The van der Waals surface area contributed by atoms with Crippen molar-refractivity contribution >= 4 is 11.8 Å². The Labute approximate surface area is 125 Å². The summed E-state index contributed by atoms with van der Waals surface area (Å²) in [6.45, 7) is 0.750. The molecule has 6 nitrogen and oxygen atoms in total. The van der Waals surface area contributed by atoms with Gasteiger partial charge >= 0.3 is 0 Å². The Morgan fingerprint density at radius 3 is 2.90 bits per heavy atom. The van der Waals surface area contributed by atoms with Crippen LogP contribution in [0.1, 0.15) is 44.9 Å². The number of hydrogen-bond donors (Lipinski definition) is 2. The maximum atomic E-state index is 12.1. The number of nitrogens with zero attached hydrogens (tertiary/aromatic N) is 1. The Balaban J connectivity index is 1.84. The van der Waals surface area contributed by atoms with E-state index in [0.717, 1.165) is 38.5 Å². The van der Waals surface area contributed by atoms with Crippen LogP contribution in [0.5, 0.6) is 0 Å². The zero-order valence-corrected chi connectivity index (χ0v) is 12.7. The lowest BCUT2D eigenvalue weighted by Gasteiger charge is -2.34. The molecule has 0 unspecified atom stereocenters. The zero-order chi connectivity index (χ0) is 15.2.